The highest BCUT2D eigenvalue weighted by molar-refractivity contribution is 7.90. The highest BCUT2D eigenvalue weighted by atomic mass is 32.2. The van der Waals surface area contributed by atoms with Crippen LogP contribution in [0.1, 0.15) is 25.8 Å². The minimum absolute atomic E-state index is 0.0610. The monoisotopic (exact) mass is 320 g/mol. The largest absolute Gasteiger partial charge is 0.612 e. The average molecular weight is 320 g/mol. The number of carbonyl (C=O) groups excluding carboxylic acids is 1. The van der Waals surface area contributed by atoms with Crippen molar-refractivity contribution in [3.8, 4) is 5.75 Å². The molecule has 0 aromatic heterocycles. The fourth-order valence-electron chi connectivity index (χ4n) is 2.41. The Kier molecular flexibility index (Phi) is 5.26. The van der Waals surface area contributed by atoms with Crippen molar-refractivity contribution in [2.24, 2.45) is 11.0 Å². The van der Waals surface area contributed by atoms with E-state index in [4.69, 9.17) is 4.74 Å². The van der Waals surface area contributed by atoms with E-state index in [0.717, 1.165) is 16.8 Å². The lowest BCUT2D eigenvalue weighted by atomic mass is 9.93. The molecule has 0 aliphatic carbocycles. The number of rotatable bonds is 4. The third-order valence-electron chi connectivity index (χ3n) is 3.52. The second-order valence-corrected chi connectivity index (χ2v) is 6.74. The van der Waals surface area contributed by atoms with Gasteiger partial charge in [0.05, 0.1) is 12.8 Å². The van der Waals surface area contributed by atoms with Crippen LogP contribution in [0.2, 0.25) is 0 Å². The summed E-state index contributed by atoms with van der Waals surface area (Å²) in [5.41, 5.74) is 5.24. The summed E-state index contributed by atoms with van der Waals surface area (Å²) in [6, 6.07) is 5.52. The van der Waals surface area contributed by atoms with Gasteiger partial charge in [-0.15, -0.1) is 0 Å². The van der Waals surface area contributed by atoms with E-state index in [2.05, 4.69) is 10.5 Å². The summed E-state index contributed by atoms with van der Waals surface area (Å²) in [6.45, 7) is 3.93. The van der Waals surface area contributed by atoms with Crippen LogP contribution in [0.5, 0.6) is 5.75 Å². The predicted molar refractivity (Wildman–Crippen MR) is 88.3 cm³/mol. The fraction of sp³-hybridized carbons (Fsp3) is 0.375. The first-order chi connectivity index (χ1) is 10.4. The molecule has 0 saturated carbocycles. The van der Waals surface area contributed by atoms with Gasteiger partial charge in [-0.3, -0.25) is 4.79 Å². The van der Waals surface area contributed by atoms with Crippen molar-refractivity contribution in [3.63, 3.8) is 0 Å². The number of nitrogens with one attached hydrogen (secondary N) is 1. The zero-order valence-corrected chi connectivity index (χ0v) is 14.0. The Labute approximate surface area is 133 Å². The highest BCUT2D eigenvalue weighted by Crippen LogP contribution is 2.24. The zero-order valence-electron chi connectivity index (χ0n) is 13.2. The molecule has 0 saturated heterocycles. The molecule has 118 valence electrons. The Hall–Kier alpha value is -1.79. The van der Waals surface area contributed by atoms with E-state index < -0.39 is 11.2 Å². The topological polar surface area (TPSA) is 73.8 Å². The summed E-state index contributed by atoms with van der Waals surface area (Å²) < 4.78 is 17.0. The molecule has 1 aliphatic rings. The quantitative estimate of drug-likeness (QED) is 0.865. The number of allylic oxidation sites excluding steroid dienone is 1. The van der Waals surface area contributed by atoms with Gasteiger partial charge in [-0.2, -0.15) is 5.10 Å². The fourth-order valence-corrected chi connectivity index (χ4v) is 3.00. The molecule has 0 spiro atoms. The van der Waals surface area contributed by atoms with E-state index >= 15 is 0 Å². The van der Waals surface area contributed by atoms with Crippen molar-refractivity contribution < 1.29 is 14.1 Å². The second-order valence-electron chi connectivity index (χ2n) is 5.36. The molecule has 22 heavy (non-hydrogen) atoms. The molecular formula is C16H20N2O3S. The van der Waals surface area contributed by atoms with Gasteiger partial charge >= 0.3 is 0 Å². The molecule has 1 aliphatic heterocycles. The Morgan fingerprint density at radius 3 is 2.82 bits per heavy atom. The van der Waals surface area contributed by atoms with Crippen molar-refractivity contribution in [2.75, 3.05) is 13.4 Å². The number of hydrazone groups is 1. The molecule has 0 radical (unpaired) electrons. The number of nitrogens with zero attached hydrogens (tertiary/aromatic N) is 1. The van der Waals surface area contributed by atoms with Crippen molar-refractivity contribution >= 4 is 28.9 Å². The zero-order chi connectivity index (χ0) is 16.3. The van der Waals surface area contributed by atoms with Crippen LogP contribution in [0, 0.1) is 5.92 Å². The van der Waals surface area contributed by atoms with Gasteiger partial charge in [0.15, 0.2) is 4.90 Å². The summed E-state index contributed by atoms with van der Waals surface area (Å²) in [7, 11) is 1.58. The maximum Gasteiger partial charge on any atom is 0.240 e. The summed E-state index contributed by atoms with van der Waals surface area (Å²) in [5.74, 6) is 0.683. The van der Waals surface area contributed by atoms with Crippen LogP contribution < -0.4 is 10.2 Å². The van der Waals surface area contributed by atoms with Crippen LogP contribution in [-0.4, -0.2) is 29.5 Å². The van der Waals surface area contributed by atoms with Gasteiger partial charge in [0.25, 0.3) is 0 Å². The molecular weight excluding hydrogens is 300 g/mol. The molecule has 1 heterocycles. The number of benzene rings is 1. The summed E-state index contributed by atoms with van der Waals surface area (Å²) in [5, 5.41) is 4.15. The summed E-state index contributed by atoms with van der Waals surface area (Å²) in [4.78, 5) is 12.0. The SMILES string of the molecule is COc1cc(C=C(C)C2=NNC(=O)CC2C)cc([S+](C)[O-])c1. The minimum Gasteiger partial charge on any atom is -0.612 e. The molecule has 0 bridgehead atoms. The lowest BCUT2D eigenvalue weighted by molar-refractivity contribution is -0.121. The van der Waals surface area contributed by atoms with Gasteiger partial charge in [-0.25, -0.2) is 5.43 Å². The third kappa shape index (κ3) is 3.90. The molecule has 1 amide bonds. The predicted octanol–water partition coefficient (Wildman–Crippen LogP) is 2.35. The Bertz CT molecular complexity index is 638. The van der Waals surface area contributed by atoms with E-state index in [0.29, 0.717) is 17.1 Å². The standard InChI is InChI=1S/C16H20N2O3S/c1-10(16-11(2)6-15(19)17-18-16)5-12-7-13(21-3)9-14(8-12)22(4)20/h5,7-9,11H,6H2,1-4H3,(H,17,19). The molecule has 2 atom stereocenters. The van der Waals surface area contributed by atoms with Crippen LogP contribution in [0.3, 0.4) is 0 Å². The summed E-state index contributed by atoms with van der Waals surface area (Å²) >= 11 is -1.08. The van der Waals surface area contributed by atoms with E-state index in [-0.39, 0.29) is 11.8 Å². The van der Waals surface area contributed by atoms with E-state index in [1.54, 1.807) is 19.4 Å². The van der Waals surface area contributed by atoms with Gasteiger partial charge in [0.1, 0.15) is 12.0 Å². The average Bonchev–Trinajstić information content (AvgIpc) is 2.46. The van der Waals surface area contributed by atoms with Crippen LogP contribution in [0.15, 0.2) is 33.8 Å². The van der Waals surface area contributed by atoms with Crippen LogP contribution in [-0.2, 0) is 16.0 Å². The minimum atomic E-state index is -1.08. The molecule has 1 N–H and O–H groups in total. The molecule has 0 fully saturated rings. The highest BCUT2D eigenvalue weighted by Gasteiger charge is 2.21. The Balaban J connectivity index is 2.35. The number of amides is 1. The first kappa shape index (κ1) is 16.6. The number of hydrogen-bond donors (Lipinski definition) is 1. The van der Waals surface area contributed by atoms with Crippen LogP contribution >= 0.6 is 0 Å². The van der Waals surface area contributed by atoms with E-state index in [1.807, 2.05) is 32.1 Å². The van der Waals surface area contributed by atoms with E-state index in [9.17, 15) is 9.35 Å². The normalized spacial score (nSPS) is 20.2. The van der Waals surface area contributed by atoms with Gasteiger partial charge in [0.2, 0.25) is 5.91 Å². The molecule has 1 aromatic carbocycles. The molecule has 6 heteroatoms. The first-order valence-electron chi connectivity index (χ1n) is 6.98. The number of carbonyl (C=O) groups is 1. The number of methoxy groups -OCH3 is 1. The van der Waals surface area contributed by atoms with Crippen LogP contribution in [0.4, 0.5) is 0 Å². The second kappa shape index (κ2) is 6.98. The maximum absolute atomic E-state index is 11.7. The number of hydrogen-bond acceptors (Lipinski definition) is 4. The van der Waals surface area contributed by atoms with Crippen molar-refractivity contribution in [3.05, 3.63) is 29.3 Å². The lowest BCUT2D eigenvalue weighted by Crippen LogP contribution is -2.31. The Morgan fingerprint density at radius 1 is 1.50 bits per heavy atom. The van der Waals surface area contributed by atoms with Gasteiger partial charge < -0.3 is 9.29 Å². The van der Waals surface area contributed by atoms with Gasteiger partial charge in [0, 0.05) is 24.5 Å². The maximum atomic E-state index is 11.7. The third-order valence-corrected chi connectivity index (χ3v) is 4.42. The first-order valence-corrected chi connectivity index (χ1v) is 8.54. The summed E-state index contributed by atoms with van der Waals surface area (Å²) in [6.07, 6.45) is 4.04. The molecule has 2 unspecified atom stereocenters. The Morgan fingerprint density at radius 2 is 2.23 bits per heavy atom. The smallest absolute Gasteiger partial charge is 0.240 e. The van der Waals surface area contributed by atoms with Gasteiger partial charge in [-0.1, -0.05) is 6.92 Å². The molecule has 1 aromatic rings. The number of ether oxygens (including phenoxy) is 1. The lowest BCUT2D eigenvalue weighted by Gasteiger charge is -2.19. The van der Waals surface area contributed by atoms with Crippen molar-refractivity contribution in [2.45, 2.75) is 25.2 Å². The van der Waals surface area contributed by atoms with Crippen molar-refractivity contribution in [1.82, 2.24) is 5.43 Å². The van der Waals surface area contributed by atoms with Crippen LogP contribution in [0.25, 0.3) is 6.08 Å². The molecule has 2 rings (SSSR count). The van der Waals surface area contributed by atoms with Gasteiger partial charge in [-0.05, 0) is 41.4 Å². The van der Waals surface area contributed by atoms with E-state index in [1.165, 1.54) is 0 Å². The van der Waals surface area contributed by atoms with Crippen molar-refractivity contribution in [1.29, 1.82) is 0 Å². The molecule has 5 nitrogen and oxygen atoms in total.